The Kier molecular flexibility index (Phi) is 10.1. The van der Waals surface area contributed by atoms with Crippen LogP contribution in [0.25, 0.3) is 22.3 Å². The van der Waals surface area contributed by atoms with E-state index in [1.54, 1.807) is 0 Å². The maximum absolute atomic E-state index is 2.69. The van der Waals surface area contributed by atoms with Gasteiger partial charge in [0.25, 0.3) is 13.4 Å². The standard InChI is InChI=1S/C79H51B2N5/c1-9-27-51(28-10-1)54-47-65-72-67(49-54)85(59-39-21-7-22-40-59)78-75-79(86(60-41-23-8-24-42-60)68-50-55(52-29-11-2-12-30-52)48-66(73(68)81(72)75)82(65)56-33-15-4-16-34-56)77-74-76(78)83(57-35-17-5-18-36-57)63-45-25-43-61-69(53-31-13-3-14-32-53)62-44-26-46-64(71(62)80(74)70(61)63)84(77)58-37-19-6-20-38-58/h1-50,69H. The fourth-order valence-corrected chi connectivity index (χ4v) is 15.9. The van der Waals surface area contributed by atoms with Gasteiger partial charge in [-0.1, -0.05) is 206 Å². The summed E-state index contributed by atoms with van der Waals surface area (Å²) in [6, 6.07) is 114. The van der Waals surface area contributed by atoms with E-state index in [9.17, 15) is 0 Å². The van der Waals surface area contributed by atoms with Crippen LogP contribution in [0.15, 0.2) is 303 Å². The van der Waals surface area contributed by atoms with Crippen molar-refractivity contribution in [2.45, 2.75) is 5.92 Å². The van der Waals surface area contributed by atoms with Gasteiger partial charge in [-0.15, -0.1) is 0 Å². The van der Waals surface area contributed by atoms with Crippen molar-refractivity contribution in [2.75, 3.05) is 24.5 Å². The lowest BCUT2D eigenvalue weighted by Crippen LogP contribution is -2.69. The number of fused-ring (bicyclic) bond motifs is 2. The summed E-state index contributed by atoms with van der Waals surface area (Å²) in [6.45, 7) is -0.371. The number of benzene rings is 13. The molecule has 0 bridgehead atoms. The molecule has 7 heteroatoms. The van der Waals surface area contributed by atoms with E-state index in [1.165, 1.54) is 117 Å². The average Bonchev–Trinajstić information content (AvgIpc) is 0.657. The van der Waals surface area contributed by atoms with Crippen LogP contribution in [0.3, 0.4) is 0 Å². The molecule has 86 heavy (non-hydrogen) atoms. The topological polar surface area (TPSA) is 16.2 Å². The van der Waals surface area contributed by atoms with Crippen LogP contribution in [0.5, 0.6) is 0 Å². The van der Waals surface area contributed by atoms with Crippen LogP contribution in [0.1, 0.15) is 22.6 Å². The van der Waals surface area contributed by atoms with Crippen molar-refractivity contribution in [3.63, 3.8) is 0 Å². The van der Waals surface area contributed by atoms with Gasteiger partial charge in [0.15, 0.2) is 0 Å². The summed E-state index contributed by atoms with van der Waals surface area (Å²) < 4.78 is 0. The maximum atomic E-state index is 2.69. The predicted molar refractivity (Wildman–Crippen MR) is 361 cm³/mol. The Morgan fingerprint density at radius 1 is 0.209 bits per heavy atom. The zero-order chi connectivity index (χ0) is 56.1. The second-order valence-electron chi connectivity index (χ2n) is 23.4. The number of nitrogens with zero attached hydrogens (tertiary/aromatic N) is 5. The molecule has 5 nitrogen and oxygen atoms in total. The third kappa shape index (κ3) is 6.51. The Bertz CT molecular complexity index is 4630. The first-order valence-electron chi connectivity index (χ1n) is 30.0. The molecule has 19 rings (SSSR count). The van der Waals surface area contributed by atoms with E-state index in [2.05, 4.69) is 328 Å². The third-order valence-corrected chi connectivity index (χ3v) is 19.1. The van der Waals surface area contributed by atoms with Crippen molar-refractivity contribution in [1.29, 1.82) is 0 Å². The Hall–Kier alpha value is -11.0. The minimum atomic E-state index is -0.226. The predicted octanol–water partition coefficient (Wildman–Crippen LogP) is 16.5. The third-order valence-electron chi connectivity index (χ3n) is 19.1. The van der Waals surface area contributed by atoms with E-state index in [-0.39, 0.29) is 19.3 Å². The van der Waals surface area contributed by atoms with Gasteiger partial charge >= 0.3 is 0 Å². The van der Waals surface area contributed by atoms with Gasteiger partial charge in [-0.3, -0.25) is 0 Å². The van der Waals surface area contributed by atoms with Crippen molar-refractivity contribution in [1.82, 2.24) is 0 Å². The summed E-state index contributed by atoms with van der Waals surface area (Å²) in [5.41, 5.74) is 33.9. The van der Waals surface area contributed by atoms with Crippen molar-refractivity contribution in [2.24, 2.45) is 0 Å². The van der Waals surface area contributed by atoms with Gasteiger partial charge in [-0.2, -0.15) is 0 Å². The normalized spacial score (nSPS) is 14.1. The molecule has 0 aliphatic carbocycles. The highest BCUT2D eigenvalue weighted by atomic mass is 15.3. The molecule has 0 N–H and O–H groups in total. The lowest BCUT2D eigenvalue weighted by molar-refractivity contribution is 0.981. The average molecular weight is 1090 g/mol. The molecule has 398 valence electrons. The molecule has 0 atom stereocenters. The fraction of sp³-hybridized carbons (Fsp3) is 0.0127. The summed E-state index contributed by atoms with van der Waals surface area (Å²) in [6.07, 6.45) is 0. The summed E-state index contributed by atoms with van der Waals surface area (Å²) >= 11 is 0. The van der Waals surface area contributed by atoms with Gasteiger partial charge in [0.1, 0.15) is 0 Å². The van der Waals surface area contributed by atoms with Gasteiger partial charge in [0, 0.05) is 68.5 Å². The summed E-state index contributed by atoms with van der Waals surface area (Å²) in [4.78, 5) is 13.3. The second-order valence-corrected chi connectivity index (χ2v) is 23.4. The van der Waals surface area contributed by atoms with Crippen LogP contribution in [0.4, 0.5) is 85.3 Å². The Labute approximate surface area is 501 Å². The smallest absolute Gasteiger partial charge is 0.257 e. The number of para-hydroxylation sites is 5. The van der Waals surface area contributed by atoms with Crippen molar-refractivity contribution >= 4 is 132 Å². The Morgan fingerprint density at radius 2 is 0.488 bits per heavy atom. The molecule has 13 aromatic carbocycles. The van der Waals surface area contributed by atoms with Crippen LogP contribution in [-0.4, -0.2) is 13.4 Å². The van der Waals surface area contributed by atoms with E-state index in [0.29, 0.717) is 0 Å². The lowest BCUT2D eigenvalue weighted by atomic mass is 9.27. The van der Waals surface area contributed by atoms with E-state index < -0.39 is 0 Å². The molecule has 0 unspecified atom stereocenters. The molecule has 6 heterocycles. The molecule has 0 radical (unpaired) electrons. The van der Waals surface area contributed by atoms with E-state index in [4.69, 9.17) is 0 Å². The highest BCUT2D eigenvalue weighted by Gasteiger charge is 2.58. The van der Waals surface area contributed by atoms with Crippen LogP contribution in [0.2, 0.25) is 0 Å². The Morgan fingerprint density at radius 3 is 0.837 bits per heavy atom. The molecule has 0 fully saturated rings. The Balaban J connectivity index is 1.07. The molecule has 6 aliphatic rings. The van der Waals surface area contributed by atoms with Gasteiger partial charge < -0.3 is 24.5 Å². The van der Waals surface area contributed by atoms with Gasteiger partial charge in [0.2, 0.25) is 0 Å². The SMILES string of the molecule is c1ccc(-c2cc3c4c(c2)N(c2ccccc2)c2c5c(c6c7c2N(c2ccccc2)c2cccc8c2B7c2c(cccc2N6c2ccccc2)C8c2ccccc2)N(c2ccccc2)c2cc(-c6ccccc6)cc(c2B45)N3c2ccccc2)cc1. The van der Waals surface area contributed by atoms with Crippen molar-refractivity contribution in [3.8, 4) is 22.3 Å². The molecule has 13 aromatic rings. The van der Waals surface area contributed by atoms with Crippen LogP contribution >= 0.6 is 0 Å². The molecular weight excluding hydrogens is 1040 g/mol. The quantitative estimate of drug-likeness (QED) is 0.141. The molecule has 0 saturated carbocycles. The van der Waals surface area contributed by atoms with Gasteiger partial charge in [0.05, 0.1) is 22.7 Å². The first kappa shape index (κ1) is 47.5. The molecule has 0 saturated heterocycles. The first-order chi connectivity index (χ1) is 42.8. The monoisotopic (exact) mass is 1090 g/mol. The molecule has 0 aromatic heterocycles. The molecule has 0 spiro atoms. The molecule has 0 amide bonds. The number of anilines is 15. The lowest BCUT2D eigenvalue weighted by Gasteiger charge is -2.55. The molecular formula is C79H51B2N5. The van der Waals surface area contributed by atoms with Crippen molar-refractivity contribution in [3.05, 3.63) is 320 Å². The summed E-state index contributed by atoms with van der Waals surface area (Å²) in [7, 11) is 0. The zero-order valence-corrected chi connectivity index (χ0v) is 46.8. The van der Waals surface area contributed by atoms with E-state index in [1.807, 2.05) is 0 Å². The van der Waals surface area contributed by atoms with Gasteiger partial charge in [-0.25, -0.2) is 0 Å². The zero-order valence-electron chi connectivity index (χ0n) is 46.8. The highest BCUT2D eigenvalue weighted by molar-refractivity contribution is 7.05. The second kappa shape index (κ2) is 18.2. The van der Waals surface area contributed by atoms with E-state index in [0.717, 1.165) is 39.6 Å². The van der Waals surface area contributed by atoms with Crippen LogP contribution in [0, 0.1) is 0 Å². The minimum Gasteiger partial charge on any atom is -0.311 e. The van der Waals surface area contributed by atoms with Gasteiger partial charge in [-0.05, 0) is 169 Å². The minimum absolute atomic E-state index is 0.00785. The summed E-state index contributed by atoms with van der Waals surface area (Å²) in [5.74, 6) is -0.00785. The fourth-order valence-electron chi connectivity index (χ4n) is 15.9. The maximum Gasteiger partial charge on any atom is 0.257 e. The van der Waals surface area contributed by atoms with Crippen LogP contribution in [-0.2, 0) is 0 Å². The number of hydrogen-bond donors (Lipinski definition) is 0. The molecule has 6 aliphatic heterocycles. The summed E-state index contributed by atoms with van der Waals surface area (Å²) in [5, 5.41) is 0. The van der Waals surface area contributed by atoms with Crippen molar-refractivity contribution < 1.29 is 0 Å². The largest absolute Gasteiger partial charge is 0.311 e. The van der Waals surface area contributed by atoms with Crippen LogP contribution < -0.4 is 57.3 Å². The first-order valence-corrected chi connectivity index (χ1v) is 30.0. The van der Waals surface area contributed by atoms with E-state index >= 15 is 0 Å². The number of rotatable bonds is 8. The number of hydrogen-bond acceptors (Lipinski definition) is 5. The highest BCUT2D eigenvalue weighted by Crippen LogP contribution is 2.60.